The van der Waals surface area contributed by atoms with E-state index in [0.29, 0.717) is 28.3 Å². The van der Waals surface area contributed by atoms with Crippen molar-refractivity contribution in [2.24, 2.45) is 23.2 Å². The van der Waals surface area contributed by atoms with Gasteiger partial charge in [0.25, 0.3) is 0 Å². The van der Waals surface area contributed by atoms with E-state index in [1.165, 1.54) is 65.5 Å². The first-order valence-electron chi connectivity index (χ1n) is 20.0. The fourth-order valence-electron chi connectivity index (χ4n) is 13.0. The molecule has 0 saturated heterocycles. The molecular weight excluding hydrogens is 659 g/mol. The molecule has 6 aromatic rings. The van der Waals surface area contributed by atoms with E-state index in [-0.39, 0.29) is 0 Å². The molecule has 260 valence electrons. The summed E-state index contributed by atoms with van der Waals surface area (Å²) in [5.74, 6) is 6.84. The van der Waals surface area contributed by atoms with Gasteiger partial charge >= 0.3 is 0 Å². The predicted molar refractivity (Wildman–Crippen MR) is 212 cm³/mol. The van der Waals surface area contributed by atoms with Crippen molar-refractivity contribution < 1.29 is 4.74 Å². The highest BCUT2D eigenvalue weighted by molar-refractivity contribution is 5.92. The number of hydrogen-bond donors (Lipinski definition) is 0. The highest BCUT2D eigenvalue weighted by Gasteiger charge is 2.77. The molecule has 4 saturated carbocycles. The summed E-state index contributed by atoms with van der Waals surface area (Å²) in [7, 11) is 0. The van der Waals surface area contributed by atoms with Crippen LogP contribution in [0.5, 0.6) is 11.5 Å². The summed E-state index contributed by atoms with van der Waals surface area (Å²) in [5.41, 5.74) is 12.9. The lowest BCUT2D eigenvalue weighted by Crippen LogP contribution is -2.59. The van der Waals surface area contributed by atoms with Gasteiger partial charge in [-0.3, -0.25) is 0 Å². The minimum absolute atomic E-state index is 0.376. The van der Waals surface area contributed by atoms with Gasteiger partial charge in [-0.2, -0.15) is 0 Å². The van der Waals surface area contributed by atoms with Crippen molar-refractivity contribution in [3.63, 3.8) is 0 Å². The van der Waals surface area contributed by atoms with Crippen molar-refractivity contribution in [1.82, 2.24) is 15.0 Å². The van der Waals surface area contributed by atoms with Crippen LogP contribution >= 0.6 is 0 Å². The Hall–Kier alpha value is -5.61. The van der Waals surface area contributed by atoms with Gasteiger partial charge in [-0.25, -0.2) is 15.0 Å². The average Bonchev–Trinajstić information content (AvgIpc) is 3.83. The zero-order chi connectivity index (χ0) is 35.2. The smallest absolute Gasteiger partial charge is 0.164 e. The first-order chi connectivity index (χ1) is 26.6. The van der Waals surface area contributed by atoms with Gasteiger partial charge in [0.1, 0.15) is 11.5 Å². The van der Waals surface area contributed by atoms with E-state index in [9.17, 15) is 0 Å². The molecule has 4 nitrogen and oxygen atoms in total. The van der Waals surface area contributed by atoms with E-state index < -0.39 is 5.41 Å². The molecule has 1 aliphatic heterocycles. The molecule has 0 amide bonds. The molecule has 13 rings (SSSR count). The summed E-state index contributed by atoms with van der Waals surface area (Å²) in [4.78, 5) is 15.6. The van der Waals surface area contributed by atoms with Crippen molar-refractivity contribution >= 4 is 5.57 Å². The molecule has 4 fully saturated rings. The van der Waals surface area contributed by atoms with Gasteiger partial charge < -0.3 is 4.74 Å². The summed E-state index contributed by atoms with van der Waals surface area (Å²) in [6.07, 6.45) is 13.8. The van der Waals surface area contributed by atoms with E-state index in [2.05, 4.69) is 127 Å². The molecule has 5 unspecified atom stereocenters. The third kappa shape index (κ3) is 3.62. The van der Waals surface area contributed by atoms with Gasteiger partial charge in [0, 0.05) is 27.8 Å². The Balaban J connectivity index is 0.969. The largest absolute Gasteiger partial charge is 0.457 e. The summed E-state index contributed by atoms with van der Waals surface area (Å²) in [6.45, 7) is 0. The van der Waals surface area contributed by atoms with Gasteiger partial charge in [0.15, 0.2) is 17.5 Å². The first-order valence-corrected chi connectivity index (χ1v) is 20.0. The molecule has 54 heavy (non-hydrogen) atoms. The lowest BCUT2D eigenvalue weighted by molar-refractivity contribution is -0.175. The fourth-order valence-corrected chi connectivity index (χ4v) is 13.0. The van der Waals surface area contributed by atoms with Crippen LogP contribution in [0.1, 0.15) is 72.8 Å². The van der Waals surface area contributed by atoms with Crippen molar-refractivity contribution in [1.29, 1.82) is 0 Å². The standard InChI is InChI=1S/C50H39N3O/c1-2-10-30(11-3-1)45-51-46(31-18-21-33(22-19-31)48-27-35-25-34-26-36(28-48)49(34,35)29-48)53-47(52-45)32-20-23-44-42(24-32)50(41-16-8-9-17-43(41)54-44)39-14-6-4-12-37(39)38-13-5-7-15-40(38)50/h1-6,8-14,16-24,34-36H,7,15,25-29H2/t34?,35-,36?,48?,49?,50?/m1/s1. The SMILES string of the molecule is C1=CC2=C(CC1)C1(c3ccccc3Oc3ccc(-c4nc(-c5ccccc5)nc(-c5ccc(C67CC8CC9C[C@H](C6)C98C7)cc5)n4)cc31)c1ccccc12. The van der Waals surface area contributed by atoms with Gasteiger partial charge in [0.2, 0.25) is 0 Å². The van der Waals surface area contributed by atoms with Crippen molar-refractivity contribution in [2.45, 2.75) is 55.8 Å². The number of fused-ring (bicyclic) bond motifs is 9. The third-order valence-corrected chi connectivity index (χ3v) is 15.2. The number of benzene rings is 5. The molecule has 7 aliphatic rings. The number of rotatable bonds is 4. The van der Waals surface area contributed by atoms with Gasteiger partial charge in [0.05, 0.1) is 5.41 Å². The lowest BCUT2D eigenvalue weighted by Gasteiger charge is -2.66. The molecule has 6 atom stereocenters. The molecule has 0 N–H and O–H groups in total. The second-order valence-electron chi connectivity index (χ2n) is 17.2. The number of hydrogen-bond acceptors (Lipinski definition) is 4. The maximum atomic E-state index is 6.74. The van der Waals surface area contributed by atoms with Crippen LogP contribution in [0, 0.1) is 23.2 Å². The average molecular weight is 698 g/mol. The van der Waals surface area contributed by atoms with Crippen LogP contribution in [0.15, 0.2) is 139 Å². The van der Waals surface area contributed by atoms with Gasteiger partial charge in [-0.15, -0.1) is 0 Å². The lowest BCUT2D eigenvalue weighted by atomic mass is 9.38. The van der Waals surface area contributed by atoms with Crippen LogP contribution in [-0.4, -0.2) is 15.0 Å². The molecule has 5 aromatic carbocycles. The minimum Gasteiger partial charge on any atom is -0.457 e. The van der Waals surface area contributed by atoms with Crippen LogP contribution in [0.2, 0.25) is 0 Å². The first kappa shape index (κ1) is 29.8. The quantitative estimate of drug-likeness (QED) is 0.184. The van der Waals surface area contributed by atoms with E-state index in [1.54, 1.807) is 0 Å². The van der Waals surface area contributed by atoms with Crippen LogP contribution < -0.4 is 4.74 Å². The summed E-state index contributed by atoms with van der Waals surface area (Å²) < 4.78 is 6.74. The number of ether oxygens (including phenoxy) is 1. The fraction of sp³-hybridized carbons (Fsp3) is 0.260. The maximum absolute atomic E-state index is 6.74. The second-order valence-corrected chi connectivity index (χ2v) is 17.2. The predicted octanol–water partition coefficient (Wildman–Crippen LogP) is 11.5. The Morgan fingerprint density at radius 1 is 0.574 bits per heavy atom. The molecular formula is C50H39N3O. The summed E-state index contributed by atoms with van der Waals surface area (Å²) >= 11 is 0. The monoisotopic (exact) mass is 697 g/mol. The van der Waals surface area contributed by atoms with E-state index in [1.807, 2.05) is 6.07 Å². The summed E-state index contributed by atoms with van der Waals surface area (Å²) in [6, 6.07) is 43.8. The number of nitrogens with zero attached hydrogens (tertiary/aromatic N) is 3. The minimum atomic E-state index is -0.469. The number of allylic oxidation sites excluding steroid dienone is 4. The third-order valence-electron chi connectivity index (χ3n) is 15.2. The molecule has 2 bridgehead atoms. The van der Waals surface area contributed by atoms with E-state index in [0.717, 1.165) is 64.3 Å². The van der Waals surface area contributed by atoms with Crippen molar-refractivity contribution in [3.05, 3.63) is 167 Å². The molecule has 2 spiro atoms. The summed E-state index contributed by atoms with van der Waals surface area (Å²) in [5, 5.41) is 0. The number of aromatic nitrogens is 3. The molecule has 0 radical (unpaired) electrons. The highest BCUT2D eigenvalue weighted by Crippen LogP contribution is 2.84. The molecule has 4 heteroatoms. The zero-order valence-corrected chi connectivity index (χ0v) is 30.1. The number of para-hydroxylation sites is 1. The van der Waals surface area contributed by atoms with E-state index in [4.69, 9.17) is 19.7 Å². The van der Waals surface area contributed by atoms with Crippen molar-refractivity contribution in [2.75, 3.05) is 0 Å². The Labute approximate surface area is 315 Å². The Kier molecular flexibility index (Phi) is 5.70. The zero-order valence-electron chi connectivity index (χ0n) is 30.1. The van der Waals surface area contributed by atoms with Crippen LogP contribution in [0.25, 0.3) is 39.7 Å². The maximum Gasteiger partial charge on any atom is 0.164 e. The van der Waals surface area contributed by atoms with Crippen LogP contribution in [-0.2, 0) is 10.8 Å². The molecule has 2 heterocycles. The van der Waals surface area contributed by atoms with Crippen molar-refractivity contribution in [3.8, 4) is 45.7 Å². The highest BCUT2D eigenvalue weighted by atomic mass is 16.5. The second kappa shape index (κ2) is 10.3. The van der Waals surface area contributed by atoms with Gasteiger partial charge in [-0.05, 0) is 126 Å². The van der Waals surface area contributed by atoms with Crippen LogP contribution in [0.3, 0.4) is 0 Å². The normalized spacial score (nSPS) is 29.7. The van der Waals surface area contributed by atoms with Crippen LogP contribution in [0.4, 0.5) is 0 Å². The topological polar surface area (TPSA) is 47.9 Å². The Morgan fingerprint density at radius 2 is 1.22 bits per heavy atom. The Bertz CT molecular complexity index is 2640. The van der Waals surface area contributed by atoms with Gasteiger partial charge in [-0.1, -0.05) is 109 Å². The van der Waals surface area contributed by atoms with E-state index >= 15 is 0 Å². The molecule has 1 aromatic heterocycles. The molecule has 6 aliphatic carbocycles. The Morgan fingerprint density at radius 3 is 1.98 bits per heavy atom.